The van der Waals surface area contributed by atoms with Gasteiger partial charge in [0.25, 0.3) is 15.3 Å². The molecule has 0 saturated heterocycles. The number of hydrogen-bond donors (Lipinski definition) is 0. The second kappa shape index (κ2) is 7.42. The Morgan fingerprint density at radius 2 is 1.48 bits per heavy atom. The lowest BCUT2D eigenvalue weighted by Gasteiger charge is -2.22. The van der Waals surface area contributed by atoms with E-state index in [0.29, 0.717) is 0 Å². The van der Waals surface area contributed by atoms with E-state index in [1.165, 1.54) is 24.3 Å². The van der Waals surface area contributed by atoms with Gasteiger partial charge in [-0.1, -0.05) is 30.3 Å². The Labute approximate surface area is 116 Å². The molecule has 1 aromatic rings. The van der Waals surface area contributed by atoms with Crippen LogP contribution >= 0.6 is 0 Å². The van der Waals surface area contributed by atoms with E-state index in [-0.39, 0.29) is 5.56 Å². The van der Waals surface area contributed by atoms with Crippen LogP contribution in [0.2, 0.25) is 0 Å². The fraction of sp³-hybridized carbons (Fsp3) is 0.333. The van der Waals surface area contributed by atoms with E-state index in [4.69, 9.17) is 0 Å². The topological polar surface area (TPSA) is 157 Å². The molecule has 0 fully saturated rings. The first kappa shape index (κ1) is 15.9. The first-order valence-corrected chi connectivity index (χ1v) is 5.34. The minimum atomic E-state index is -1.70. The van der Waals surface area contributed by atoms with Crippen molar-refractivity contribution in [3.63, 3.8) is 0 Å². The maximum Gasteiger partial charge on any atom is 0.295 e. The van der Waals surface area contributed by atoms with Crippen LogP contribution in [0.3, 0.4) is 0 Å². The van der Waals surface area contributed by atoms with Crippen molar-refractivity contribution in [2.75, 3.05) is 6.61 Å². The molecule has 21 heavy (non-hydrogen) atoms. The normalized spacial score (nSPS) is 12.8. The van der Waals surface area contributed by atoms with Gasteiger partial charge in [0.1, 0.15) is 6.61 Å². The zero-order valence-corrected chi connectivity index (χ0v) is 10.3. The Kier molecular flexibility index (Phi) is 5.61. The monoisotopic (exact) mass is 303 g/mol. The quantitative estimate of drug-likeness (QED) is 0.473. The molecule has 0 radical (unpaired) electrons. The SMILES string of the molecule is O=[N+]([O-])OC[C@H](O[N+](=O)[O-])[C@@H](O[N+](=O)[O-])c1ccccc1. The molecule has 0 aromatic heterocycles. The minimum absolute atomic E-state index is 0.160. The average Bonchev–Trinajstić information content (AvgIpc) is 2.41. The predicted molar refractivity (Wildman–Crippen MR) is 62.1 cm³/mol. The molecule has 1 rings (SSSR count). The molecule has 0 aliphatic rings. The third-order valence-electron chi connectivity index (χ3n) is 2.23. The van der Waals surface area contributed by atoms with Crippen LogP contribution in [0.5, 0.6) is 0 Å². The van der Waals surface area contributed by atoms with Gasteiger partial charge in [-0.2, -0.15) is 0 Å². The average molecular weight is 303 g/mol. The maximum atomic E-state index is 10.5. The molecule has 12 heteroatoms. The van der Waals surface area contributed by atoms with Crippen molar-refractivity contribution in [2.24, 2.45) is 0 Å². The molecule has 0 N–H and O–H groups in total. The van der Waals surface area contributed by atoms with E-state index in [2.05, 4.69) is 14.5 Å². The van der Waals surface area contributed by atoms with Gasteiger partial charge in [-0.3, -0.25) is 0 Å². The molecular weight excluding hydrogens is 294 g/mol. The third kappa shape index (κ3) is 5.54. The maximum absolute atomic E-state index is 10.5. The van der Waals surface area contributed by atoms with Crippen molar-refractivity contribution >= 4 is 0 Å². The van der Waals surface area contributed by atoms with Crippen LogP contribution in [0, 0.1) is 30.3 Å². The van der Waals surface area contributed by atoms with Crippen molar-refractivity contribution < 1.29 is 29.8 Å². The van der Waals surface area contributed by atoms with Crippen LogP contribution in [-0.4, -0.2) is 28.0 Å². The smallest absolute Gasteiger partial charge is 0.295 e. The van der Waals surface area contributed by atoms with Gasteiger partial charge in [0, 0.05) is 0 Å². The third-order valence-corrected chi connectivity index (χ3v) is 2.23. The summed E-state index contributed by atoms with van der Waals surface area (Å²) in [6.45, 7) is -0.915. The lowest BCUT2D eigenvalue weighted by molar-refractivity contribution is -0.812. The van der Waals surface area contributed by atoms with Gasteiger partial charge in [-0.15, -0.1) is 30.3 Å². The molecule has 0 unspecified atom stereocenters. The highest BCUT2D eigenvalue weighted by molar-refractivity contribution is 5.18. The Morgan fingerprint density at radius 3 is 1.95 bits per heavy atom. The summed E-state index contributed by atoms with van der Waals surface area (Å²) in [4.78, 5) is 43.5. The molecule has 114 valence electrons. The summed E-state index contributed by atoms with van der Waals surface area (Å²) in [5, 5.41) is 27.4. The fourth-order valence-electron chi connectivity index (χ4n) is 1.50. The van der Waals surface area contributed by atoms with Crippen LogP contribution in [0.15, 0.2) is 30.3 Å². The summed E-state index contributed by atoms with van der Waals surface area (Å²) < 4.78 is 0. The molecule has 0 amide bonds. The number of hydrogen-bond acceptors (Lipinski definition) is 9. The molecule has 1 aromatic carbocycles. The summed E-state index contributed by atoms with van der Waals surface area (Å²) in [5.74, 6) is 0. The fourth-order valence-corrected chi connectivity index (χ4v) is 1.50. The van der Waals surface area contributed by atoms with E-state index in [1.807, 2.05) is 0 Å². The Hall–Kier alpha value is -3.18. The van der Waals surface area contributed by atoms with E-state index >= 15 is 0 Å². The van der Waals surface area contributed by atoms with E-state index in [9.17, 15) is 30.3 Å². The standard InChI is InChI=1S/C9H9N3O9/c13-10(14)19-6-8(20-11(15)16)9(21-12(17)18)7-4-2-1-3-5-7/h1-5,8-9H,6H2/t8-,9-/m0/s1. The molecule has 0 bridgehead atoms. The molecule has 0 saturated carbocycles. The summed E-state index contributed by atoms with van der Waals surface area (Å²) in [6, 6.07) is 7.38. The van der Waals surface area contributed by atoms with Gasteiger partial charge in [0.2, 0.25) is 0 Å². The van der Waals surface area contributed by atoms with Gasteiger partial charge in [-0.05, 0) is 5.56 Å². The Balaban J connectivity index is 3.00. The molecule has 0 spiro atoms. The van der Waals surface area contributed by atoms with Gasteiger partial charge < -0.3 is 14.5 Å². The van der Waals surface area contributed by atoms with Crippen LogP contribution in [0.25, 0.3) is 0 Å². The van der Waals surface area contributed by atoms with Gasteiger partial charge in [0.15, 0.2) is 12.2 Å². The highest BCUT2D eigenvalue weighted by atomic mass is 17.0. The van der Waals surface area contributed by atoms with Crippen molar-refractivity contribution in [3.05, 3.63) is 66.2 Å². The number of benzene rings is 1. The van der Waals surface area contributed by atoms with Crippen LogP contribution < -0.4 is 0 Å². The zero-order chi connectivity index (χ0) is 15.8. The molecule has 0 aliphatic carbocycles. The van der Waals surface area contributed by atoms with Crippen LogP contribution in [0.1, 0.15) is 11.7 Å². The lowest BCUT2D eigenvalue weighted by Crippen LogP contribution is -2.33. The molecular formula is C9H9N3O9. The van der Waals surface area contributed by atoms with E-state index in [1.54, 1.807) is 6.07 Å². The number of nitrogens with zero attached hydrogens (tertiary/aromatic N) is 3. The van der Waals surface area contributed by atoms with Crippen molar-refractivity contribution in [3.8, 4) is 0 Å². The molecule has 12 nitrogen and oxygen atoms in total. The van der Waals surface area contributed by atoms with E-state index in [0.717, 1.165) is 0 Å². The molecule has 0 aliphatic heterocycles. The van der Waals surface area contributed by atoms with Crippen molar-refractivity contribution in [1.29, 1.82) is 0 Å². The minimum Gasteiger partial charge on any atom is -0.311 e. The highest BCUT2D eigenvalue weighted by Crippen LogP contribution is 2.24. The summed E-state index contributed by atoms with van der Waals surface area (Å²) in [5.41, 5.74) is 0.160. The Bertz CT molecular complexity index is 508. The van der Waals surface area contributed by atoms with Gasteiger partial charge in [0.05, 0.1) is 0 Å². The molecule has 2 atom stereocenters. The number of rotatable bonds is 9. The van der Waals surface area contributed by atoms with Crippen LogP contribution in [0.4, 0.5) is 0 Å². The first-order chi connectivity index (χ1) is 9.90. The largest absolute Gasteiger partial charge is 0.311 e. The first-order valence-electron chi connectivity index (χ1n) is 5.34. The Morgan fingerprint density at radius 1 is 0.905 bits per heavy atom. The van der Waals surface area contributed by atoms with Crippen molar-refractivity contribution in [1.82, 2.24) is 0 Å². The van der Waals surface area contributed by atoms with Gasteiger partial charge in [-0.25, -0.2) is 0 Å². The predicted octanol–water partition coefficient (Wildman–Crippen LogP) is 0.721. The second-order valence-corrected chi connectivity index (χ2v) is 3.55. The summed E-state index contributed by atoms with van der Waals surface area (Å²) in [7, 11) is 0. The summed E-state index contributed by atoms with van der Waals surface area (Å²) >= 11 is 0. The highest BCUT2D eigenvalue weighted by Gasteiger charge is 2.31. The van der Waals surface area contributed by atoms with Gasteiger partial charge >= 0.3 is 0 Å². The van der Waals surface area contributed by atoms with Crippen LogP contribution in [-0.2, 0) is 14.5 Å². The lowest BCUT2D eigenvalue weighted by atomic mass is 10.1. The molecule has 0 heterocycles. The summed E-state index contributed by atoms with van der Waals surface area (Å²) in [6.07, 6.45) is -3.26. The van der Waals surface area contributed by atoms with Crippen molar-refractivity contribution in [2.45, 2.75) is 12.2 Å². The van der Waals surface area contributed by atoms with E-state index < -0.39 is 34.1 Å². The second-order valence-electron chi connectivity index (χ2n) is 3.55. The zero-order valence-electron chi connectivity index (χ0n) is 10.3.